The Morgan fingerprint density at radius 3 is 2.79 bits per heavy atom. The summed E-state index contributed by atoms with van der Waals surface area (Å²) in [6, 6.07) is 7.37. The van der Waals surface area contributed by atoms with Gasteiger partial charge in [0.15, 0.2) is 0 Å². The Labute approximate surface area is 110 Å². The summed E-state index contributed by atoms with van der Waals surface area (Å²) in [7, 11) is 0. The quantitative estimate of drug-likeness (QED) is 0.681. The fourth-order valence-electron chi connectivity index (χ4n) is 1.54. The second kappa shape index (κ2) is 5.60. The summed E-state index contributed by atoms with van der Waals surface area (Å²) in [5.74, 6) is -0.869. The number of carbonyl (C=O) groups is 1. The molecule has 19 heavy (non-hydrogen) atoms. The summed E-state index contributed by atoms with van der Waals surface area (Å²) in [5, 5.41) is 3.97. The molecular weight excluding hydrogens is 281 g/mol. The van der Waals surface area contributed by atoms with Crippen LogP contribution < -0.4 is 0 Å². The predicted molar refractivity (Wildman–Crippen MR) is 64.7 cm³/mol. The van der Waals surface area contributed by atoms with Gasteiger partial charge in [-0.3, -0.25) is 4.79 Å². The van der Waals surface area contributed by atoms with Crippen LogP contribution in [0.2, 0.25) is 0 Å². The maximum atomic E-state index is 11.9. The SMILES string of the molecule is O=C(CC(F)(F)F)OCC[SH]1N=Nc2ccccc21. The summed E-state index contributed by atoms with van der Waals surface area (Å²) < 4.78 is 44.3. The summed E-state index contributed by atoms with van der Waals surface area (Å²) in [6.45, 7) is -0.0754. The van der Waals surface area contributed by atoms with Crippen LogP contribution in [-0.2, 0) is 9.53 Å². The highest BCUT2D eigenvalue weighted by Crippen LogP contribution is 2.49. The average molecular weight is 292 g/mol. The van der Waals surface area contributed by atoms with Crippen molar-refractivity contribution in [3.05, 3.63) is 24.3 Å². The van der Waals surface area contributed by atoms with E-state index in [2.05, 4.69) is 14.4 Å². The van der Waals surface area contributed by atoms with Crippen LogP contribution in [0.4, 0.5) is 18.9 Å². The molecular formula is C11H11F3N2O2S. The molecule has 4 nitrogen and oxygen atoms in total. The van der Waals surface area contributed by atoms with Crippen LogP contribution in [0.25, 0.3) is 0 Å². The Bertz CT molecular complexity index is 505. The lowest BCUT2D eigenvalue weighted by molar-refractivity contribution is -0.170. The number of halogens is 3. The molecule has 0 aliphatic carbocycles. The molecule has 1 unspecified atom stereocenters. The molecule has 0 amide bonds. The van der Waals surface area contributed by atoms with Crippen molar-refractivity contribution < 1.29 is 22.7 Å². The zero-order chi connectivity index (χ0) is 13.9. The molecule has 0 bridgehead atoms. The third-order valence-electron chi connectivity index (χ3n) is 2.33. The molecule has 0 saturated carbocycles. The van der Waals surface area contributed by atoms with Gasteiger partial charge >= 0.3 is 12.1 Å². The molecule has 1 atom stereocenters. The van der Waals surface area contributed by atoms with Gasteiger partial charge in [-0.25, -0.2) is 0 Å². The minimum absolute atomic E-state index is 0.0754. The maximum Gasteiger partial charge on any atom is 0.399 e. The Balaban J connectivity index is 1.79. The van der Waals surface area contributed by atoms with E-state index in [9.17, 15) is 18.0 Å². The van der Waals surface area contributed by atoms with E-state index in [0.29, 0.717) is 5.75 Å². The van der Waals surface area contributed by atoms with Gasteiger partial charge in [0, 0.05) is 10.6 Å². The zero-order valence-corrected chi connectivity index (χ0v) is 10.6. The normalized spacial score (nSPS) is 19.2. The molecule has 8 heteroatoms. The average Bonchev–Trinajstić information content (AvgIpc) is 2.70. The molecule has 0 saturated heterocycles. The van der Waals surface area contributed by atoms with Crippen LogP contribution in [0.3, 0.4) is 0 Å². The molecule has 2 rings (SSSR count). The predicted octanol–water partition coefficient (Wildman–Crippen LogP) is 3.55. The van der Waals surface area contributed by atoms with E-state index in [4.69, 9.17) is 0 Å². The topological polar surface area (TPSA) is 51.0 Å². The minimum atomic E-state index is -4.53. The van der Waals surface area contributed by atoms with Crippen molar-refractivity contribution in [3.63, 3.8) is 0 Å². The van der Waals surface area contributed by atoms with Crippen LogP contribution in [0, 0.1) is 0 Å². The number of hydrogen-bond acceptors (Lipinski definition) is 4. The van der Waals surface area contributed by atoms with E-state index in [1.807, 2.05) is 24.3 Å². The van der Waals surface area contributed by atoms with E-state index in [1.54, 1.807) is 0 Å². The number of rotatable bonds is 4. The van der Waals surface area contributed by atoms with Crippen molar-refractivity contribution in [1.29, 1.82) is 0 Å². The van der Waals surface area contributed by atoms with Crippen molar-refractivity contribution in [3.8, 4) is 0 Å². The number of nitrogens with zero attached hydrogens (tertiary/aromatic N) is 2. The molecule has 104 valence electrons. The van der Waals surface area contributed by atoms with Crippen molar-refractivity contribution >= 4 is 22.7 Å². The molecule has 1 heterocycles. The summed E-state index contributed by atoms with van der Waals surface area (Å²) in [6.07, 6.45) is -6.08. The van der Waals surface area contributed by atoms with Gasteiger partial charge in [0.2, 0.25) is 0 Å². The standard InChI is InChI=1S/C11H11F3N2O2S/c12-11(13,14)7-10(17)18-5-6-19-9-4-2-1-3-8(9)15-16-19/h1-4,19H,5-7H2. The smallest absolute Gasteiger partial charge is 0.399 e. The number of fused-ring (bicyclic) bond motifs is 1. The lowest BCUT2D eigenvalue weighted by Crippen LogP contribution is -2.18. The first kappa shape index (κ1) is 13.9. The lowest BCUT2D eigenvalue weighted by atomic mass is 10.3. The Kier molecular flexibility index (Phi) is 4.08. The van der Waals surface area contributed by atoms with Crippen LogP contribution in [0.1, 0.15) is 6.42 Å². The Hall–Kier alpha value is -1.57. The van der Waals surface area contributed by atoms with Crippen molar-refractivity contribution in [2.24, 2.45) is 9.63 Å². The third kappa shape index (κ3) is 3.95. The third-order valence-corrected chi connectivity index (χ3v) is 4.18. The summed E-state index contributed by atoms with van der Waals surface area (Å²) in [4.78, 5) is 11.9. The molecule has 1 aromatic carbocycles. The second-order valence-electron chi connectivity index (χ2n) is 3.81. The monoisotopic (exact) mass is 292 g/mol. The van der Waals surface area contributed by atoms with Gasteiger partial charge in [-0.1, -0.05) is 12.1 Å². The molecule has 0 spiro atoms. The molecule has 0 N–H and O–H groups in total. The maximum absolute atomic E-state index is 11.9. The fraction of sp³-hybridized carbons (Fsp3) is 0.364. The Morgan fingerprint density at radius 2 is 2.05 bits per heavy atom. The first-order valence-corrected chi connectivity index (χ1v) is 6.94. The van der Waals surface area contributed by atoms with E-state index < -0.39 is 29.6 Å². The molecule has 0 aromatic heterocycles. The van der Waals surface area contributed by atoms with Gasteiger partial charge in [0.1, 0.15) is 13.0 Å². The number of hydrogen-bond donors (Lipinski definition) is 1. The minimum Gasteiger partial charge on any atom is -0.465 e. The molecule has 0 radical (unpaired) electrons. The van der Waals surface area contributed by atoms with Crippen LogP contribution in [0.15, 0.2) is 38.8 Å². The van der Waals surface area contributed by atoms with Gasteiger partial charge < -0.3 is 4.74 Å². The second-order valence-corrected chi connectivity index (χ2v) is 5.72. The zero-order valence-electron chi connectivity index (χ0n) is 9.72. The van der Waals surface area contributed by atoms with E-state index in [0.717, 1.165) is 10.6 Å². The van der Waals surface area contributed by atoms with Crippen molar-refractivity contribution in [2.45, 2.75) is 17.5 Å². The highest BCUT2D eigenvalue weighted by Gasteiger charge is 2.32. The van der Waals surface area contributed by atoms with Gasteiger partial charge in [-0.05, 0) is 12.1 Å². The largest absolute Gasteiger partial charge is 0.465 e. The summed E-state index contributed by atoms with van der Waals surface area (Å²) in [5.41, 5.74) is 0.773. The molecule has 1 aliphatic rings. The van der Waals surface area contributed by atoms with Crippen molar-refractivity contribution in [1.82, 2.24) is 0 Å². The van der Waals surface area contributed by atoms with Crippen LogP contribution >= 0.6 is 11.1 Å². The van der Waals surface area contributed by atoms with Crippen molar-refractivity contribution in [2.75, 3.05) is 12.4 Å². The van der Waals surface area contributed by atoms with E-state index in [-0.39, 0.29) is 6.61 Å². The number of carbonyl (C=O) groups excluding carboxylic acids is 1. The molecule has 1 aromatic rings. The first-order chi connectivity index (χ1) is 8.96. The fourth-order valence-corrected chi connectivity index (χ4v) is 3.08. The van der Waals surface area contributed by atoms with Crippen LogP contribution in [0.5, 0.6) is 0 Å². The van der Waals surface area contributed by atoms with E-state index in [1.165, 1.54) is 0 Å². The number of alkyl halides is 3. The Morgan fingerprint density at radius 1 is 1.32 bits per heavy atom. The number of ether oxygens (including phenoxy) is 1. The number of benzene rings is 1. The molecule has 0 fully saturated rings. The first-order valence-electron chi connectivity index (χ1n) is 5.46. The lowest BCUT2D eigenvalue weighted by Gasteiger charge is -2.12. The summed E-state index contributed by atoms with van der Waals surface area (Å²) >= 11 is -0.925. The van der Waals surface area contributed by atoms with Gasteiger partial charge in [-0.15, -0.1) is 20.7 Å². The van der Waals surface area contributed by atoms with Gasteiger partial charge in [0.05, 0.1) is 5.69 Å². The molecule has 1 aliphatic heterocycles. The van der Waals surface area contributed by atoms with Gasteiger partial charge in [-0.2, -0.15) is 13.2 Å². The van der Waals surface area contributed by atoms with E-state index >= 15 is 0 Å². The van der Waals surface area contributed by atoms with Crippen LogP contribution in [-0.4, -0.2) is 24.5 Å². The highest BCUT2D eigenvalue weighted by molar-refractivity contribution is 8.16. The highest BCUT2D eigenvalue weighted by atomic mass is 32.2. The number of thiol groups is 1. The number of esters is 1. The van der Waals surface area contributed by atoms with Gasteiger partial charge in [0.25, 0.3) is 0 Å².